The van der Waals surface area contributed by atoms with Crippen molar-refractivity contribution in [3.05, 3.63) is 83.1 Å². The average Bonchev–Trinajstić information content (AvgIpc) is 3.52. The number of halogens is 2. The molecule has 3 aromatic rings. The maximum Gasteiger partial charge on any atom is 0.251 e. The predicted octanol–water partition coefficient (Wildman–Crippen LogP) is 4.60. The smallest absolute Gasteiger partial charge is 0.251 e. The Kier molecular flexibility index (Phi) is 6.42. The molecule has 1 amide bonds. The van der Waals surface area contributed by atoms with E-state index in [1.807, 2.05) is 30.8 Å². The second-order valence-corrected chi connectivity index (χ2v) is 11.1. The minimum atomic E-state index is -0.518. The SMILES string of the molecule is CN1CC(Cc2c(F)cccc2F)CC(NC(=O)c2ccc3[nH]nc(C4=CC5SC=NC5C=C4)c3c2)C1. The summed E-state index contributed by atoms with van der Waals surface area (Å²) < 4.78 is 28.4. The molecule has 1 saturated heterocycles. The van der Waals surface area contributed by atoms with Crippen LogP contribution in [-0.4, -0.2) is 64.0 Å². The number of aliphatic imine (C=N–C) groups is 1. The van der Waals surface area contributed by atoms with E-state index in [0.717, 1.165) is 28.7 Å². The van der Waals surface area contributed by atoms with Gasteiger partial charge in [0.2, 0.25) is 0 Å². The summed E-state index contributed by atoms with van der Waals surface area (Å²) in [5, 5.41) is 11.9. The highest BCUT2D eigenvalue weighted by Crippen LogP contribution is 2.34. The van der Waals surface area contributed by atoms with Crippen molar-refractivity contribution in [3.8, 4) is 0 Å². The van der Waals surface area contributed by atoms with Crippen molar-refractivity contribution < 1.29 is 13.6 Å². The molecule has 0 saturated carbocycles. The fraction of sp³-hybridized carbons (Fsp3) is 0.321. The van der Waals surface area contributed by atoms with Gasteiger partial charge in [0.15, 0.2) is 0 Å². The highest BCUT2D eigenvalue weighted by molar-refractivity contribution is 8.13. The van der Waals surface area contributed by atoms with Crippen molar-refractivity contribution in [1.82, 2.24) is 20.4 Å². The number of carbonyl (C=O) groups excluding carboxylic acids is 1. The van der Waals surface area contributed by atoms with E-state index in [-0.39, 0.29) is 34.7 Å². The van der Waals surface area contributed by atoms with Gasteiger partial charge in [-0.2, -0.15) is 5.10 Å². The van der Waals surface area contributed by atoms with E-state index in [1.165, 1.54) is 18.2 Å². The molecule has 2 aromatic carbocycles. The lowest BCUT2D eigenvalue weighted by atomic mass is 9.88. The number of likely N-dealkylation sites (N-methyl/N-ethyl adjacent to an activating group) is 1. The van der Waals surface area contributed by atoms with Gasteiger partial charge < -0.3 is 10.2 Å². The van der Waals surface area contributed by atoms with Gasteiger partial charge in [-0.3, -0.25) is 14.9 Å². The third kappa shape index (κ3) is 4.85. The number of nitrogens with zero attached hydrogens (tertiary/aromatic N) is 3. The van der Waals surface area contributed by atoms with Crippen molar-refractivity contribution in [2.45, 2.75) is 30.2 Å². The number of thioether (sulfide) groups is 1. The number of aromatic amines is 1. The molecule has 9 heteroatoms. The predicted molar refractivity (Wildman–Crippen MR) is 144 cm³/mol. The molecular formula is C28H27F2N5OS. The second-order valence-electron chi connectivity index (χ2n) is 10.1. The van der Waals surface area contributed by atoms with E-state index >= 15 is 0 Å². The van der Waals surface area contributed by atoms with Crippen molar-refractivity contribution in [2.24, 2.45) is 10.9 Å². The number of aromatic nitrogens is 2. The molecule has 37 heavy (non-hydrogen) atoms. The van der Waals surface area contributed by atoms with Crippen LogP contribution in [0.25, 0.3) is 16.5 Å². The molecule has 4 unspecified atom stereocenters. The average molecular weight is 520 g/mol. The molecule has 190 valence electrons. The minimum Gasteiger partial charge on any atom is -0.348 e. The van der Waals surface area contributed by atoms with Gasteiger partial charge in [0.05, 0.1) is 28.0 Å². The lowest BCUT2D eigenvalue weighted by molar-refractivity contribution is 0.0888. The van der Waals surface area contributed by atoms with Crippen LogP contribution in [0.4, 0.5) is 8.78 Å². The largest absolute Gasteiger partial charge is 0.348 e. The summed E-state index contributed by atoms with van der Waals surface area (Å²) in [6, 6.07) is 9.57. The summed E-state index contributed by atoms with van der Waals surface area (Å²) in [5.74, 6) is -1.17. The molecule has 2 aliphatic heterocycles. The number of nitrogens with one attached hydrogen (secondary N) is 2. The number of carbonyl (C=O) groups is 1. The fourth-order valence-corrected chi connectivity index (χ4v) is 6.48. The molecule has 3 aliphatic rings. The number of H-pyrrole nitrogens is 1. The summed E-state index contributed by atoms with van der Waals surface area (Å²) in [4.78, 5) is 19.8. The molecule has 0 spiro atoms. The van der Waals surface area contributed by atoms with Crippen molar-refractivity contribution >= 4 is 39.7 Å². The normalized spacial score (nSPS) is 25.3. The summed E-state index contributed by atoms with van der Waals surface area (Å²) in [6.45, 7) is 1.40. The summed E-state index contributed by atoms with van der Waals surface area (Å²) >= 11 is 1.70. The maximum absolute atomic E-state index is 14.2. The monoisotopic (exact) mass is 519 g/mol. The van der Waals surface area contributed by atoms with Crippen LogP contribution < -0.4 is 5.32 Å². The Labute approximate surface area is 217 Å². The standard InChI is InChI=1S/C28H27F2N5OS/c1-35-13-16(10-20-22(29)3-2-4-23(20)30)9-19(14-35)32-28(36)18-6-7-24-21(11-18)27(34-33-24)17-5-8-25-26(12-17)37-15-31-25/h2-8,11-12,15-16,19,25-26H,9-10,13-14H2,1H3,(H,32,36)(H,33,34). The summed E-state index contributed by atoms with van der Waals surface area (Å²) in [7, 11) is 1.97. The van der Waals surface area contributed by atoms with Crippen molar-refractivity contribution in [2.75, 3.05) is 20.1 Å². The number of benzene rings is 2. The number of hydrogen-bond donors (Lipinski definition) is 2. The maximum atomic E-state index is 14.2. The summed E-state index contributed by atoms with van der Waals surface area (Å²) in [6.07, 6.45) is 7.28. The molecule has 1 aromatic heterocycles. The Bertz CT molecular complexity index is 1430. The first-order chi connectivity index (χ1) is 17.9. The lowest BCUT2D eigenvalue weighted by Gasteiger charge is -2.36. The first-order valence-electron chi connectivity index (χ1n) is 12.4. The second kappa shape index (κ2) is 9.87. The Morgan fingerprint density at radius 2 is 2.05 bits per heavy atom. The first kappa shape index (κ1) is 24.1. The molecule has 2 N–H and O–H groups in total. The molecule has 1 fully saturated rings. The fourth-order valence-electron chi connectivity index (χ4n) is 5.59. The van der Waals surface area contributed by atoms with Gasteiger partial charge in [0.1, 0.15) is 11.6 Å². The van der Waals surface area contributed by atoms with E-state index in [2.05, 4.69) is 37.6 Å². The van der Waals surface area contributed by atoms with Gasteiger partial charge in [-0.25, -0.2) is 8.78 Å². The first-order valence-corrected chi connectivity index (χ1v) is 13.4. The van der Waals surface area contributed by atoms with E-state index in [1.54, 1.807) is 17.8 Å². The third-order valence-corrected chi connectivity index (χ3v) is 8.28. The van der Waals surface area contributed by atoms with Gasteiger partial charge in [-0.15, -0.1) is 11.8 Å². The minimum absolute atomic E-state index is 0.0321. The van der Waals surface area contributed by atoms with Gasteiger partial charge in [0, 0.05) is 35.6 Å². The molecule has 0 bridgehead atoms. The highest BCUT2D eigenvalue weighted by atomic mass is 32.2. The zero-order valence-electron chi connectivity index (χ0n) is 20.3. The van der Waals surface area contributed by atoms with Crippen LogP contribution in [0.3, 0.4) is 0 Å². The van der Waals surface area contributed by atoms with Crippen molar-refractivity contribution in [3.63, 3.8) is 0 Å². The number of piperidine rings is 1. The van der Waals surface area contributed by atoms with Crippen LogP contribution in [-0.2, 0) is 6.42 Å². The molecule has 6 rings (SSSR count). The third-order valence-electron chi connectivity index (χ3n) is 7.31. The lowest BCUT2D eigenvalue weighted by Crippen LogP contribution is -2.50. The van der Waals surface area contributed by atoms with Gasteiger partial charge in [0.25, 0.3) is 5.91 Å². The number of hydrogen-bond acceptors (Lipinski definition) is 5. The van der Waals surface area contributed by atoms with E-state index in [4.69, 9.17) is 0 Å². The van der Waals surface area contributed by atoms with Gasteiger partial charge in [-0.1, -0.05) is 24.3 Å². The molecule has 1 aliphatic carbocycles. The molecule has 0 radical (unpaired) electrons. The zero-order chi connectivity index (χ0) is 25.5. The van der Waals surface area contributed by atoms with Crippen molar-refractivity contribution in [1.29, 1.82) is 0 Å². The molecule has 4 atom stereocenters. The number of amides is 1. The highest BCUT2D eigenvalue weighted by Gasteiger charge is 2.29. The zero-order valence-corrected chi connectivity index (χ0v) is 21.1. The summed E-state index contributed by atoms with van der Waals surface area (Å²) in [5.41, 5.74) is 5.26. The van der Waals surface area contributed by atoms with E-state index < -0.39 is 11.6 Å². The van der Waals surface area contributed by atoms with E-state index in [9.17, 15) is 13.6 Å². The molecular weight excluding hydrogens is 492 g/mol. The Morgan fingerprint density at radius 3 is 2.89 bits per heavy atom. The van der Waals surface area contributed by atoms with Crippen LogP contribution in [0.5, 0.6) is 0 Å². The number of likely N-dealkylation sites (tertiary alicyclic amines) is 1. The van der Waals surface area contributed by atoms with Crippen LogP contribution in [0.2, 0.25) is 0 Å². The van der Waals surface area contributed by atoms with E-state index in [0.29, 0.717) is 24.9 Å². The van der Waals surface area contributed by atoms with Crippen LogP contribution in [0, 0.1) is 17.6 Å². The Morgan fingerprint density at radius 1 is 1.22 bits per heavy atom. The van der Waals surface area contributed by atoms with Crippen LogP contribution in [0.1, 0.15) is 28.0 Å². The van der Waals surface area contributed by atoms with Crippen LogP contribution in [0.15, 0.2) is 59.6 Å². The quantitative estimate of drug-likeness (QED) is 0.517. The van der Waals surface area contributed by atoms with Crippen LogP contribution >= 0.6 is 11.8 Å². The Balaban J connectivity index is 1.18. The van der Waals surface area contributed by atoms with Gasteiger partial charge in [-0.05, 0) is 61.7 Å². The molecule has 6 nitrogen and oxygen atoms in total. The number of rotatable bonds is 5. The Hall–Kier alpha value is -3.30. The number of allylic oxidation sites excluding steroid dienone is 2. The topological polar surface area (TPSA) is 73.4 Å². The van der Waals surface area contributed by atoms with Gasteiger partial charge >= 0.3 is 0 Å². The molecule has 3 heterocycles. The number of fused-ring (bicyclic) bond motifs is 2.